The summed E-state index contributed by atoms with van der Waals surface area (Å²) in [5.41, 5.74) is 5.28. The lowest BCUT2D eigenvalue weighted by Gasteiger charge is -2.07. The molecule has 0 unspecified atom stereocenters. The maximum atomic E-state index is 2.24. The zero-order chi connectivity index (χ0) is 12.6. The first-order valence-electron chi connectivity index (χ1n) is 6.16. The van der Waals surface area contributed by atoms with Crippen LogP contribution >= 0.6 is 0 Å². The fourth-order valence-corrected chi connectivity index (χ4v) is 2.39. The van der Waals surface area contributed by atoms with E-state index in [1.54, 1.807) is 0 Å². The lowest BCUT2D eigenvalue weighted by atomic mass is 10.1. The Kier molecular flexibility index (Phi) is 3.05. The van der Waals surface area contributed by atoms with Gasteiger partial charge < -0.3 is 0 Å². The lowest BCUT2D eigenvalue weighted by Crippen LogP contribution is -2.33. The third kappa shape index (κ3) is 2.26. The predicted octanol–water partition coefficient (Wildman–Crippen LogP) is 3.27. The fraction of sp³-hybridized carbons (Fsp3) is 0.400. The number of benzene rings is 1. The van der Waals surface area contributed by atoms with Crippen molar-refractivity contribution in [1.29, 1.82) is 0 Å². The first-order chi connectivity index (χ1) is 7.99. The third-order valence-electron chi connectivity index (χ3n) is 3.15. The van der Waals surface area contributed by atoms with Crippen LogP contribution in [0.1, 0.15) is 36.6 Å². The SMILES string of the molecule is Cc1cc(C)c(-n2cc[n+](C(C)C)c2)c(C)c1. The Hall–Kier alpha value is -1.57. The molecule has 2 aromatic rings. The van der Waals surface area contributed by atoms with Gasteiger partial charge in [0.2, 0.25) is 6.33 Å². The number of hydrogen-bond acceptors (Lipinski definition) is 0. The average Bonchev–Trinajstić information content (AvgIpc) is 2.65. The molecule has 1 heterocycles. The number of aryl methyl sites for hydroxylation is 3. The van der Waals surface area contributed by atoms with E-state index in [0.29, 0.717) is 6.04 Å². The molecule has 0 bridgehead atoms. The second kappa shape index (κ2) is 4.36. The third-order valence-corrected chi connectivity index (χ3v) is 3.15. The first-order valence-corrected chi connectivity index (χ1v) is 6.16. The van der Waals surface area contributed by atoms with Gasteiger partial charge in [-0.25, -0.2) is 9.13 Å². The van der Waals surface area contributed by atoms with E-state index in [1.807, 2.05) is 0 Å². The number of imidazole rings is 1. The minimum absolute atomic E-state index is 0.502. The first kappa shape index (κ1) is 11.9. The van der Waals surface area contributed by atoms with Crippen LogP contribution < -0.4 is 4.57 Å². The summed E-state index contributed by atoms with van der Waals surface area (Å²) in [6.45, 7) is 10.9. The Morgan fingerprint density at radius 2 is 1.65 bits per heavy atom. The molecule has 90 valence electrons. The molecule has 0 saturated carbocycles. The summed E-state index contributed by atoms with van der Waals surface area (Å²) in [5.74, 6) is 0. The Labute approximate surface area is 104 Å². The predicted molar refractivity (Wildman–Crippen MR) is 70.6 cm³/mol. The molecule has 17 heavy (non-hydrogen) atoms. The van der Waals surface area contributed by atoms with Gasteiger partial charge in [-0.05, 0) is 45.7 Å². The second-order valence-electron chi connectivity index (χ2n) is 5.11. The molecular formula is C15H21N2+. The zero-order valence-electron chi connectivity index (χ0n) is 11.4. The maximum absolute atomic E-state index is 2.24. The smallest absolute Gasteiger partial charge is 0.234 e. The van der Waals surface area contributed by atoms with Crippen molar-refractivity contribution in [3.05, 3.63) is 47.5 Å². The summed E-state index contributed by atoms with van der Waals surface area (Å²) < 4.78 is 4.43. The van der Waals surface area contributed by atoms with Crippen LogP contribution in [0.3, 0.4) is 0 Å². The van der Waals surface area contributed by atoms with E-state index in [1.165, 1.54) is 22.4 Å². The average molecular weight is 229 g/mol. The van der Waals surface area contributed by atoms with Crippen molar-refractivity contribution in [3.63, 3.8) is 0 Å². The van der Waals surface area contributed by atoms with Crippen molar-refractivity contribution in [2.75, 3.05) is 0 Å². The summed E-state index contributed by atoms with van der Waals surface area (Å²) in [6, 6.07) is 4.98. The number of aromatic nitrogens is 2. The minimum atomic E-state index is 0.502. The number of rotatable bonds is 2. The molecule has 0 spiro atoms. The van der Waals surface area contributed by atoms with Crippen LogP contribution in [0, 0.1) is 20.8 Å². The Bertz CT molecular complexity index is 513. The van der Waals surface area contributed by atoms with E-state index < -0.39 is 0 Å². The van der Waals surface area contributed by atoms with Crippen LogP contribution in [0.4, 0.5) is 0 Å². The second-order valence-corrected chi connectivity index (χ2v) is 5.11. The molecule has 0 amide bonds. The molecule has 0 aliphatic rings. The van der Waals surface area contributed by atoms with Crippen molar-refractivity contribution >= 4 is 0 Å². The molecule has 1 aromatic carbocycles. The van der Waals surface area contributed by atoms with Gasteiger partial charge in [-0.1, -0.05) is 17.7 Å². The molecule has 0 N–H and O–H groups in total. The molecular weight excluding hydrogens is 208 g/mol. The fourth-order valence-electron chi connectivity index (χ4n) is 2.39. The van der Waals surface area contributed by atoms with Crippen molar-refractivity contribution in [3.8, 4) is 5.69 Å². The normalized spacial score (nSPS) is 11.2. The topological polar surface area (TPSA) is 8.81 Å². The number of nitrogens with zero attached hydrogens (tertiary/aromatic N) is 2. The monoisotopic (exact) mass is 229 g/mol. The number of hydrogen-bond donors (Lipinski definition) is 0. The highest BCUT2D eigenvalue weighted by atomic mass is 15.1. The van der Waals surface area contributed by atoms with Gasteiger partial charge in [-0.3, -0.25) is 0 Å². The highest BCUT2D eigenvalue weighted by molar-refractivity contribution is 5.48. The maximum Gasteiger partial charge on any atom is 0.249 e. The van der Waals surface area contributed by atoms with Crippen molar-refractivity contribution in [1.82, 2.24) is 4.57 Å². The van der Waals surface area contributed by atoms with E-state index in [0.717, 1.165) is 0 Å². The van der Waals surface area contributed by atoms with E-state index in [-0.39, 0.29) is 0 Å². The molecule has 0 saturated heterocycles. The molecule has 2 heteroatoms. The summed E-state index contributed by atoms with van der Waals surface area (Å²) >= 11 is 0. The molecule has 0 aliphatic heterocycles. The minimum Gasteiger partial charge on any atom is -0.234 e. The van der Waals surface area contributed by atoms with Gasteiger partial charge in [-0.15, -0.1) is 0 Å². The van der Waals surface area contributed by atoms with E-state index in [2.05, 4.69) is 74.6 Å². The van der Waals surface area contributed by atoms with Crippen molar-refractivity contribution in [2.45, 2.75) is 40.7 Å². The molecule has 0 atom stereocenters. The summed E-state index contributed by atoms with van der Waals surface area (Å²) in [6.07, 6.45) is 6.42. The van der Waals surface area contributed by atoms with Crippen LogP contribution in [0.2, 0.25) is 0 Å². The van der Waals surface area contributed by atoms with Crippen LogP contribution in [-0.2, 0) is 0 Å². The van der Waals surface area contributed by atoms with Gasteiger partial charge in [-0.2, -0.15) is 0 Å². The summed E-state index contributed by atoms with van der Waals surface area (Å²) in [5, 5.41) is 0. The van der Waals surface area contributed by atoms with Gasteiger partial charge in [0, 0.05) is 0 Å². The van der Waals surface area contributed by atoms with Gasteiger partial charge in [0.25, 0.3) is 0 Å². The molecule has 0 aliphatic carbocycles. The van der Waals surface area contributed by atoms with Crippen LogP contribution in [0.15, 0.2) is 30.9 Å². The molecule has 2 rings (SSSR count). The van der Waals surface area contributed by atoms with Crippen molar-refractivity contribution in [2.24, 2.45) is 0 Å². The van der Waals surface area contributed by atoms with Gasteiger partial charge in [0.05, 0.1) is 6.04 Å². The van der Waals surface area contributed by atoms with Gasteiger partial charge >= 0.3 is 0 Å². The van der Waals surface area contributed by atoms with E-state index >= 15 is 0 Å². The van der Waals surface area contributed by atoms with Crippen LogP contribution in [0.5, 0.6) is 0 Å². The Morgan fingerprint density at radius 3 is 2.12 bits per heavy atom. The van der Waals surface area contributed by atoms with E-state index in [9.17, 15) is 0 Å². The molecule has 1 aromatic heterocycles. The van der Waals surface area contributed by atoms with Gasteiger partial charge in [0.15, 0.2) is 0 Å². The standard InChI is InChI=1S/C15H21N2/c1-11(2)16-6-7-17(10-16)15-13(4)8-12(3)9-14(15)5/h6-11H,1-5H3/q+1. The van der Waals surface area contributed by atoms with Crippen molar-refractivity contribution < 1.29 is 4.57 Å². The van der Waals surface area contributed by atoms with Crippen LogP contribution in [-0.4, -0.2) is 4.57 Å². The highest BCUT2D eigenvalue weighted by Crippen LogP contribution is 2.20. The molecule has 0 fully saturated rings. The summed E-state index contributed by atoms with van der Waals surface area (Å²) in [7, 11) is 0. The van der Waals surface area contributed by atoms with E-state index in [4.69, 9.17) is 0 Å². The Morgan fingerprint density at radius 1 is 1.06 bits per heavy atom. The zero-order valence-corrected chi connectivity index (χ0v) is 11.4. The van der Waals surface area contributed by atoms with Crippen LogP contribution in [0.25, 0.3) is 5.69 Å². The quantitative estimate of drug-likeness (QED) is 0.699. The molecule has 2 nitrogen and oxygen atoms in total. The lowest BCUT2D eigenvalue weighted by molar-refractivity contribution is -0.715. The Balaban J connectivity index is 2.52. The van der Waals surface area contributed by atoms with Gasteiger partial charge in [0.1, 0.15) is 18.1 Å². The highest BCUT2D eigenvalue weighted by Gasteiger charge is 2.13. The summed E-state index contributed by atoms with van der Waals surface area (Å²) in [4.78, 5) is 0. The largest absolute Gasteiger partial charge is 0.249 e. The molecule has 0 radical (unpaired) electrons.